The Bertz CT molecular complexity index is 1330. The van der Waals surface area contributed by atoms with Gasteiger partial charge in [0.2, 0.25) is 17.7 Å². The highest BCUT2D eigenvalue weighted by Gasteiger charge is 2.34. The first-order valence-electron chi connectivity index (χ1n) is 10.1. The first kappa shape index (κ1) is 20.2. The van der Waals surface area contributed by atoms with Crippen LogP contribution in [-0.2, 0) is 18.0 Å². The predicted octanol–water partition coefficient (Wildman–Crippen LogP) is 2.78. The number of carbonyl (C=O) groups excluding carboxylic acids is 1. The molecule has 1 aliphatic rings. The van der Waals surface area contributed by atoms with Crippen LogP contribution in [0.5, 0.6) is 0 Å². The number of fused-ring (bicyclic) bond motifs is 3. The van der Waals surface area contributed by atoms with Crippen molar-refractivity contribution in [1.82, 2.24) is 34.7 Å². The number of hydrogen-bond acceptors (Lipinski definition) is 6. The molecule has 1 fully saturated rings. The largest absolute Gasteiger partial charge is 0.418 e. The lowest BCUT2D eigenvalue weighted by Crippen LogP contribution is -2.38. The lowest BCUT2D eigenvalue weighted by Gasteiger charge is -2.17. The number of halogens is 3. The molecule has 0 spiro atoms. The lowest BCUT2D eigenvalue weighted by molar-refractivity contribution is -0.136. The summed E-state index contributed by atoms with van der Waals surface area (Å²) < 4.78 is 44.1. The molecule has 1 amide bonds. The van der Waals surface area contributed by atoms with Crippen molar-refractivity contribution in [2.24, 2.45) is 7.05 Å². The SMILES string of the molecule is Cn1nccc1-c1nc2c3cccc(C(F)(F)F)c3nc(N[C@H]3CCCCNC3=O)n2n1. The molecule has 0 bridgehead atoms. The van der Waals surface area contributed by atoms with Gasteiger partial charge in [0, 0.05) is 25.2 Å². The zero-order valence-corrected chi connectivity index (χ0v) is 17.0. The third kappa shape index (κ3) is 3.41. The maximum absolute atomic E-state index is 13.7. The van der Waals surface area contributed by atoms with Gasteiger partial charge in [-0.3, -0.25) is 9.48 Å². The number of anilines is 1. The topological polar surface area (TPSA) is 102 Å². The Hall–Kier alpha value is -3.70. The summed E-state index contributed by atoms with van der Waals surface area (Å²) in [6.07, 6.45) is -0.882. The molecule has 1 saturated heterocycles. The Morgan fingerprint density at radius 3 is 2.78 bits per heavy atom. The number of amides is 1. The number of rotatable bonds is 3. The Balaban J connectivity index is 1.75. The average molecular weight is 444 g/mol. The summed E-state index contributed by atoms with van der Waals surface area (Å²) in [4.78, 5) is 21.2. The van der Waals surface area contributed by atoms with E-state index >= 15 is 0 Å². The Morgan fingerprint density at radius 1 is 1.19 bits per heavy atom. The number of nitrogens with zero attached hydrogens (tertiary/aromatic N) is 6. The van der Waals surface area contributed by atoms with E-state index in [9.17, 15) is 18.0 Å². The van der Waals surface area contributed by atoms with E-state index < -0.39 is 17.8 Å². The first-order valence-corrected chi connectivity index (χ1v) is 10.1. The van der Waals surface area contributed by atoms with E-state index in [0.29, 0.717) is 18.7 Å². The van der Waals surface area contributed by atoms with Crippen molar-refractivity contribution in [2.75, 3.05) is 11.9 Å². The second kappa shape index (κ2) is 7.46. The molecule has 1 aromatic carbocycles. The number of alkyl halides is 3. The van der Waals surface area contributed by atoms with Crippen molar-refractivity contribution in [3.8, 4) is 11.5 Å². The van der Waals surface area contributed by atoms with Crippen LogP contribution in [0.1, 0.15) is 24.8 Å². The van der Waals surface area contributed by atoms with Gasteiger partial charge in [-0.25, -0.2) is 9.97 Å². The lowest BCUT2D eigenvalue weighted by atomic mass is 10.1. The quantitative estimate of drug-likeness (QED) is 0.504. The van der Waals surface area contributed by atoms with E-state index in [2.05, 4.69) is 30.8 Å². The van der Waals surface area contributed by atoms with Crippen molar-refractivity contribution in [2.45, 2.75) is 31.5 Å². The van der Waals surface area contributed by atoms with Gasteiger partial charge in [-0.05, 0) is 37.5 Å². The molecule has 2 N–H and O–H groups in total. The summed E-state index contributed by atoms with van der Waals surface area (Å²) in [5, 5.41) is 14.6. The van der Waals surface area contributed by atoms with Crippen molar-refractivity contribution in [1.29, 1.82) is 0 Å². The van der Waals surface area contributed by atoms with Gasteiger partial charge in [0.15, 0.2) is 5.65 Å². The maximum Gasteiger partial charge on any atom is 0.418 e. The smallest absolute Gasteiger partial charge is 0.354 e. The number of para-hydroxylation sites is 1. The zero-order valence-electron chi connectivity index (χ0n) is 17.0. The molecule has 1 atom stereocenters. The van der Waals surface area contributed by atoms with Gasteiger partial charge < -0.3 is 10.6 Å². The molecule has 0 unspecified atom stereocenters. The van der Waals surface area contributed by atoms with E-state index in [1.165, 1.54) is 16.6 Å². The molecule has 166 valence electrons. The average Bonchev–Trinajstić information content (AvgIpc) is 3.32. The Morgan fingerprint density at radius 2 is 2.03 bits per heavy atom. The van der Waals surface area contributed by atoms with Crippen LogP contribution in [0.25, 0.3) is 28.1 Å². The number of nitrogens with one attached hydrogen (secondary N) is 2. The van der Waals surface area contributed by atoms with Crippen molar-refractivity contribution < 1.29 is 18.0 Å². The fourth-order valence-corrected chi connectivity index (χ4v) is 3.89. The van der Waals surface area contributed by atoms with Gasteiger partial charge in [-0.2, -0.15) is 22.8 Å². The van der Waals surface area contributed by atoms with E-state index in [1.807, 2.05) is 0 Å². The molecular formula is C20H19F3N8O. The highest BCUT2D eigenvalue weighted by Crippen LogP contribution is 2.36. The molecule has 0 aliphatic carbocycles. The van der Waals surface area contributed by atoms with E-state index in [1.54, 1.807) is 24.0 Å². The molecule has 9 nitrogen and oxygen atoms in total. The van der Waals surface area contributed by atoms with Crippen molar-refractivity contribution >= 4 is 28.4 Å². The van der Waals surface area contributed by atoms with Gasteiger partial charge in [0.05, 0.1) is 11.1 Å². The summed E-state index contributed by atoms with van der Waals surface area (Å²) in [5.41, 5.74) is -0.343. The molecule has 12 heteroatoms. The van der Waals surface area contributed by atoms with Crippen molar-refractivity contribution in [3.63, 3.8) is 0 Å². The molecule has 1 aliphatic heterocycles. The van der Waals surface area contributed by atoms with Gasteiger partial charge in [-0.15, -0.1) is 5.10 Å². The number of benzene rings is 1. The van der Waals surface area contributed by atoms with E-state index in [-0.39, 0.29) is 34.2 Å². The molecule has 4 aromatic rings. The predicted molar refractivity (Wildman–Crippen MR) is 110 cm³/mol. The molecule has 5 rings (SSSR count). The summed E-state index contributed by atoms with van der Waals surface area (Å²) in [6.45, 7) is 0.559. The fourth-order valence-electron chi connectivity index (χ4n) is 3.89. The molecule has 32 heavy (non-hydrogen) atoms. The van der Waals surface area contributed by atoms with Gasteiger partial charge in [0.25, 0.3) is 0 Å². The fraction of sp³-hybridized carbons (Fsp3) is 0.350. The van der Waals surface area contributed by atoms with Crippen LogP contribution in [0, 0.1) is 0 Å². The molecule has 3 aromatic heterocycles. The van der Waals surface area contributed by atoms with Crippen LogP contribution in [0.15, 0.2) is 30.5 Å². The third-order valence-corrected chi connectivity index (χ3v) is 5.50. The Labute approximate surface area is 179 Å². The second-order valence-corrected chi connectivity index (χ2v) is 7.63. The van der Waals surface area contributed by atoms with Crippen LogP contribution >= 0.6 is 0 Å². The minimum absolute atomic E-state index is 0.0205. The summed E-state index contributed by atoms with van der Waals surface area (Å²) in [5.74, 6) is 0.0749. The molecule has 0 saturated carbocycles. The highest BCUT2D eigenvalue weighted by atomic mass is 19.4. The highest BCUT2D eigenvalue weighted by molar-refractivity contribution is 5.95. The summed E-state index contributed by atoms with van der Waals surface area (Å²) in [7, 11) is 1.72. The molecule has 4 heterocycles. The van der Waals surface area contributed by atoms with Crippen LogP contribution in [0.4, 0.5) is 19.1 Å². The zero-order chi connectivity index (χ0) is 22.5. The monoisotopic (exact) mass is 444 g/mol. The van der Waals surface area contributed by atoms with Gasteiger partial charge in [0.1, 0.15) is 11.7 Å². The van der Waals surface area contributed by atoms with E-state index in [4.69, 9.17) is 0 Å². The van der Waals surface area contributed by atoms with Crippen LogP contribution < -0.4 is 10.6 Å². The van der Waals surface area contributed by atoms with Gasteiger partial charge in [-0.1, -0.05) is 6.07 Å². The van der Waals surface area contributed by atoms with E-state index in [0.717, 1.165) is 18.9 Å². The number of carbonyl (C=O) groups is 1. The molecular weight excluding hydrogens is 425 g/mol. The van der Waals surface area contributed by atoms with Crippen LogP contribution in [0.2, 0.25) is 0 Å². The summed E-state index contributed by atoms with van der Waals surface area (Å²) >= 11 is 0. The normalized spacial score (nSPS) is 17.5. The standard InChI is InChI=1S/C20H19F3N8O/c1-30-14(8-10-25-30)16-28-17-11-5-4-6-12(20(21,22)23)15(11)27-19(31(17)29-16)26-13-7-2-3-9-24-18(13)32/h4-6,8,10,13H,2-3,7,9H2,1H3,(H,24,32)(H,26,27)/t13-/m0/s1. The number of hydrogen-bond donors (Lipinski definition) is 2. The van der Waals surface area contributed by atoms with Crippen LogP contribution in [0.3, 0.4) is 0 Å². The summed E-state index contributed by atoms with van der Waals surface area (Å²) in [6, 6.07) is 4.88. The Kier molecular flexibility index (Phi) is 4.72. The second-order valence-electron chi connectivity index (χ2n) is 7.63. The maximum atomic E-state index is 13.7. The number of aromatic nitrogens is 6. The van der Waals surface area contributed by atoms with Crippen LogP contribution in [-0.4, -0.2) is 47.9 Å². The van der Waals surface area contributed by atoms with Gasteiger partial charge >= 0.3 is 6.18 Å². The van der Waals surface area contributed by atoms with Crippen molar-refractivity contribution in [3.05, 3.63) is 36.0 Å². The minimum Gasteiger partial charge on any atom is -0.354 e. The third-order valence-electron chi connectivity index (χ3n) is 5.50. The minimum atomic E-state index is -4.60. The first-order chi connectivity index (χ1) is 15.3. The number of aryl methyl sites for hydroxylation is 1. The molecule has 0 radical (unpaired) electrons.